The monoisotopic (exact) mass is 229 g/mol. The Hall–Kier alpha value is -0.870. The number of nitrogens with zero attached hydrogens (tertiary/aromatic N) is 3. The van der Waals surface area contributed by atoms with Crippen molar-refractivity contribution in [3.63, 3.8) is 0 Å². The van der Waals surface area contributed by atoms with Crippen LogP contribution in [0.4, 0.5) is 0 Å². The van der Waals surface area contributed by atoms with Crippen LogP contribution < -0.4 is 4.74 Å². The van der Waals surface area contributed by atoms with Gasteiger partial charge in [0.15, 0.2) is 0 Å². The predicted octanol–water partition coefficient (Wildman–Crippen LogP) is 1.46. The Bertz CT molecular complexity index is 318. The fourth-order valence-corrected chi connectivity index (χ4v) is 1.25. The molecular formula is C10H16ClN3O. The molecule has 0 spiro atoms. The molecule has 5 heteroatoms. The van der Waals surface area contributed by atoms with Crippen molar-refractivity contribution in [2.75, 3.05) is 27.2 Å². The molecule has 0 aliphatic carbocycles. The summed E-state index contributed by atoms with van der Waals surface area (Å²) in [6, 6.07) is 0.420. The molecule has 1 rings (SSSR count). The molecule has 0 aromatic carbocycles. The van der Waals surface area contributed by atoms with Crippen LogP contribution in [0.3, 0.4) is 0 Å². The number of aryl methyl sites for hydroxylation is 1. The van der Waals surface area contributed by atoms with Crippen LogP contribution >= 0.6 is 11.6 Å². The van der Waals surface area contributed by atoms with E-state index in [0.717, 1.165) is 17.8 Å². The van der Waals surface area contributed by atoms with E-state index in [1.54, 1.807) is 6.20 Å². The smallest absolute Gasteiger partial charge is 0.316 e. The Morgan fingerprint density at radius 1 is 1.47 bits per heavy atom. The zero-order valence-corrected chi connectivity index (χ0v) is 10.1. The van der Waals surface area contributed by atoms with Crippen molar-refractivity contribution in [1.82, 2.24) is 14.9 Å². The Kier molecular flexibility index (Phi) is 4.78. The highest BCUT2D eigenvalue weighted by molar-refractivity contribution is 6.17. The molecular weight excluding hydrogens is 214 g/mol. The lowest BCUT2D eigenvalue weighted by molar-refractivity contribution is 0.245. The average molecular weight is 230 g/mol. The van der Waals surface area contributed by atoms with E-state index < -0.39 is 0 Å². The van der Waals surface area contributed by atoms with Gasteiger partial charge in [-0.2, -0.15) is 0 Å². The topological polar surface area (TPSA) is 38.2 Å². The average Bonchev–Trinajstić information content (AvgIpc) is 2.17. The molecule has 0 atom stereocenters. The minimum absolute atomic E-state index is 0.420. The molecule has 0 aliphatic heterocycles. The van der Waals surface area contributed by atoms with E-state index in [1.165, 1.54) is 0 Å². The lowest BCUT2D eigenvalue weighted by Crippen LogP contribution is -2.20. The third kappa shape index (κ3) is 4.01. The Labute approximate surface area is 95.2 Å². The number of likely N-dealkylation sites (N-methyl/N-ethyl adjacent to an activating group) is 1. The fraction of sp³-hybridized carbons (Fsp3) is 0.600. The third-order valence-corrected chi connectivity index (χ3v) is 2.26. The second-order valence-corrected chi connectivity index (χ2v) is 3.82. The first-order chi connectivity index (χ1) is 7.13. The maximum Gasteiger partial charge on any atom is 0.316 e. The van der Waals surface area contributed by atoms with Gasteiger partial charge in [0.05, 0.1) is 5.88 Å². The molecule has 84 valence electrons. The normalized spacial score (nSPS) is 10.7. The highest BCUT2D eigenvalue weighted by atomic mass is 35.5. The van der Waals surface area contributed by atoms with Gasteiger partial charge >= 0.3 is 6.01 Å². The summed E-state index contributed by atoms with van der Waals surface area (Å²) in [6.07, 6.45) is 1.71. The van der Waals surface area contributed by atoms with Crippen LogP contribution in [0.5, 0.6) is 6.01 Å². The molecule has 0 fully saturated rings. The van der Waals surface area contributed by atoms with Gasteiger partial charge in [-0.05, 0) is 21.0 Å². The Morgan fingerprint density at radius 3 is 2.73 bits per heavy atom. The largest absolute Gasteiger partial charge is 0.462 e. The molecule has 1 aromatic rings. The molecule has 1 aromatic heterocycles. The van der Waals surface area contributed by atoms with Gasteiger partial charge < -0.3 is 9.64 Å². The maximum atomic E-state index is 5.70. The van der Waals surface area contributed by atoms with Gasteiger partial charge in [-0.1, -0.05) is 0 Å². The number of halogens is 1. The first-order valence-corrected chi connectivity index (χ1v) is 5.33. The van der Waals surface area contributed by atoms with E-state index in [-0.39, 0.29) is 0 Å². The van der Waals surface area contributed by atoms with Gasteiger partial charge in [0.1, 0.15) is 6.61 Å². The van der Waals surface area contributed by atoms with Gasteiger partial charge in [0, 0.05) is 24.0 Å². The summed E-state index contributed by atoms with van der Waals surface area (Å²) in [5.41, 5.74) is 1.82. The zero-order valence-electron chi connectivity index (χ0n) is 9.33. The standard InChI is InChI=1S/C10H16ClN3O/c1-8-9(6-11)7-12-10(13-8)15-5-4-14(2)3/h7H,4-6H2,1-3H3. The summed E-state index contributed by atoms with van der Waals surface area (Å²) in [7, 11) is 3.98. The van der Waals surface area contributed by atoms with Crippen LogP contribution in [-0.4, -0.2) is 42.1 Å². The highest BCUT2D eigenvalue weighted by Gasteiger charge is 2.03. The molecule has 1 heterocycles. The number of aromatic nitrogens is 2. The Morgan fingerprint density at radius 2 is 2.20 bits per heavy atom. The molecule has 0 N–H and O–H groups in total. The molecule has 0 amide bonds. The van der Waals surface area contributed by atoms with Crippen molar-refractivity contribution >= 4 is 11.6 Å². The van der Waals surface area contributed by atoms with Crippen LogP contribution in [0, 0.1) is 6.92 Å². The molecule has 4 nitrogen and oxygen atoms in total. The van der Waals surface area contributed by atoms with E-state index in [9.17, 15) is 0 Å². The molecule has 15 heavy (non-hydrogen) atoms. The van der Waals surface area contributed by atoms with Crippen molar-refractivity contribution in [1.29, 1.82) is 0 Å². The van der Waals surface area contributed by atoms with Crippen LogP contribution in [0.15, 0.2) is 6.20 Å². The van der Waals surface area contributed by atoms with Gasteiger partial charge in [-0.3, -0.25) is 0 Å². The SMILES string of the molecule is Cc1nc(OCCN(C)C)ncc1CCl. The first kappa shape index (κ1) is 12.2. The van der Waals surface area contributed by atoms with Crippen LogP contribution in [0.2, 0.25) is 0 Å². The van der Waals surface area contributed by atoms with Crippen LogP contribution in [-0.2, 0) is 5.88 Å². The highest BCUT2D eigenvalue weighted by Crippen LogP contribution is 2.10. The molecule has 0 saturated carbocycles. The van der Waals surface area contributed by atoms with Crippen molar-refractivity contribution in [2.45, 2.75) is 12.8 Å². The summed E-state index contributed by atoms with van der Waals surface area (Å²) in [4.78, 5) is 10.3. The van der Waals surface area contributed by atoms with Crippen molar-refractivity contribution < 1.29 is 4.74 Å². The third-order valence-electron chi connectivity index (χ3n) is 1.97. The molecule has 0 radical (unpaired) electrons. The van der Waals surface area contributed by atoms with Crippen molar-refractivity contribution in [3.05, 3.63) is 17.5 Å². The maximum absolute atomic E-state index is 5.70. The number of ether oxygens (including phenoxy) is 1. The summed E-state index contributed by atoms with van der Waals surface area (Å²) < 4.78 is 5.39. The van der Waals surface area contributed by atoms with E-state index in [0.29, 0.717) is 18.5 Å². The van der Waals surface area contributed by atoms with Crippen LogP contribution in [0.25, 0.3) is 0 Å². The zero-order chi connectivity index (χ0) is 11.3. The number of hydrogen-bond acceptors (Lipinski definition) is 4. The minimum atomic E-state index is 0.420. The fourth-order valence-electron chi connectivity index (χ4n) is 0.991. The minimum Gasteiger partial charge on any atom is -0.462 e. The molecule has 0 unspecified atom stereocenters. The lowest BCUT2D eigenvalue weighted by Gasteiger charge is -2.10. The van der Waals surface area contributed by atoms with E-state index in [4.69, 9.17) is 16.3 Å². The number of alkyl halides is 1. The molecule has 0 bridgehead atoms. The summed E-state index contributed by atoms with van der Waals surface area (Å²) in [6.45, 7) is 3.34. The molecule has 0 saturated heterocycles. The second kappa shape index (κ2) is 5.88. The van der Waals surface area contributed by atoms with E-state index >= 15 is 0 Å². The lowest BCUT2D eigenvalue weighted by atomic mass is 10.3. The predicted molar refractivity (Wildman–Crippen MR) is 60.4 cm³/mol. The van der Waals surface area contributed by atoms with Crippen LogP contribution in [0.1, 0.15) is 11.3 Å². The van der Waals surface area contributed by atoms with E-state index in [1.807, 2.05) is 25.9 Å². The summed E-state index contributed by atoms with van der Waals surface area (Å²) >= 11 is 5.70. The van der Waals surface area contributed by atoms with Crippen molar-refractivity contribution in [2.24, 2.45) is 0 Å². The van der Waals surface area contributed by atoms with Gasteiger partial charge in [-0.15, -0.1) is 11.6 Å². The Balaban J connectivity index is 2.52. The summed E-state index contributed by atoms with van der Waals surface area (Å²) in [5.74, 6) is 0.434. The first-order valence-electron chi connectivity index (χ1n) is 4.79. The van der Waals surface area contributed by atoms with Gasteiger partial charge in [0.2, 0.25) is 0 Å². The second-order valence-electron chi connectivity index (χ2n) is 3.55. The summed E-state index contributed by atoms with van der Waals surface area (Å²) in [5, 5.41) is 0. The van der Waals surface area contributed by atoms with Gasteiger partial charge in [-0.25, -0.2) is 9.97 Å². The quantitative estimate of drug-likeness (QED) is 0.717. The molecule has 0 aliphatic rings. The number of hydrogen-bond donors (Lipinski definition) is 0. The number of rotatable bonds is 5. The van der Waals surface area contributed by atoms with Crippen molar-refractivity contribution in [3.8, 4) is 6.01 Å². The van der Waals surface area contributed by atoms with E-state index in [2.05, 4.69) is 9.97 Å². The van der Waals surface area contributed by atoms with Gasteiger partial charge in [0.25, 0.3) is 0 Å².